The molecule has 4 nitrogen and oxygen atoms in total. The van der Waals surface area contributed by atoms with E-state index in [-0.39, 0.29) is 24.3 Å². The molecular weight excluding hydrogens is 331 g/mol. The van der Waals surface area contributed by atoms with E-state index in [1.807, 2.05) is 6.92 Å². The van der Waals surface area contributed by atoms with E-state index < -0.39 is 0 Å². The summed E-state index contributed by atoms with van der Waals surface area (Å²) in [5.41, 5.74) is 0. The highest BCUT2D eigenvalue weighted by Gasteiger charge is 2.34. The zero-order chi connectivity index (χ0) is 16.1. The third kappa shape index (κ3) is 5.31. The minimum atomic E-state index is -0.237. The van der Waals surface area contributed by atoms with Gasteiger partial charge >= 0.3 is 0 Å². The highest BCUT2D eigenvalue weighted by Crippen LogP contribution is 2.29. The van der Waals surface area contributed by atoms with Crippen LogP contribution >= 0.6 is 12.4 Å². The largest absolute Gasteiger partial charge is 0.489 e. The molecule has 0 amide bonds. The van der Waals surface area contributed by atoms with Gasteiger partial charge in [-0.25, -0.2) is 4.39 Å². The van der Waals surface area contributed by atoms with Gasteiger partial charge in [0.25, 0.3) is 0 Å². The number of nitrogens with one attached hydrogen (secondary N) is 2. The van der Waals surface area contributed by atoms with Crippen LogP contribution in [0.5, 0.6) is 5.75 Å². The van der Waals surface area contributed by atoms with Crippen LogP contribution in [0.4, 0.5) is 4.39 Å². The van der Waals surface area contributed by atoms with Crippen LogP contribution < -0.4 is 15.4 Å². The van der Waals surface area contributed by atoms with E-state index in [9.17, 15) is 4.39 Å². The molecule has 1 aliphatic carbocycles. The molecule has 3 rings (SSSR count). The van der Waals surface area contributed by atoms with Crippen molar-refractivity contribution in [3.63, 3.8) is 0 Å². The van der Waals surface area contributed by atoms with Crippen LogP contribution in [0.15, 0.2) is 24.3 Å². The van der Waals surface area contributed by atoms with E-state index in [1.165, 1.54) is 31.4 Å². The van der Waals surface area contributed by atoms with E-state index in [2.05, 4.69) is 10.6 Å². The molecule has 0 spiro atoms. The van der Waals surface area contributed by atoms with E-state index in [0.29, 0.717) is 23.8 Å². The van der Waals surface area contributed by atoms with Gasteiger partial charge in [0.15, 0.2) is 0 Å². The van der Waals surface area contributed by atoms with E-state index in [1.54, 1.807) is 12.1 Å². The van der Waals surface area contributed by atoms with E-state index in [4.69, 9.17) is 9.47 Å². The minimum absolute atomic E-state index is 0. The summed E-state index contributed by atoms with van der Waals surface area (Å²) in [6.45, 7) is 5.45. The van der Waals surface area contributed by atoms with Crippen LogP contribution in [-0.4, -0.2) is 44.5 Å². The second-order valence-corrected chi connectivity index (χ2v) is 6.63. The Hall–Kier alpha value is -0.880. The van der Waals surface area contributed by atoms with Gasteiger partial charge in [-0.05, 0) is 49.9 Å². The van der Waals surface area contributed by atoms with Crippen LogP contribution in [0.1, 0.15) is 26.2 Å². The van der Waals surface area contributed by atoms with E-state index >= 15 is 0 Å². The van der Waals surface area contributed by atoms with Gasteiger partial charge in [-0.1, -0.05) is 6.42 Å². The standard InChI is InChI=1S/C18H27FN2O2.ClH/c1-13(23-15-7-5-14(19)6-8-15)11-21-17-4-2-3-16(17)18-12-22-10-9-20-18;/h5-8,13,16-18,20-21H,2-4,9-12H2,1H3;1H. The number of ether oxygens (including phenoxy) is 2. The summed E-state index contributed by atoms with van der Waals surface area (Å²) < 4.78 is 24.4. The van der Waals surface area contributed by atoms with Crippen LogP contribution in [0, 0.1) is 11.7 Å². The van der Waals surface area contributed by atoms with Crippen molar-refractivity contribution in [2.45, 2.75) is 44.4 Å². The van der Waals surface area contributed by atoms with Crippen LogP contribution in [0.2, 0.25) is 0 Å². The molecule has 1 aliphatic heterocycles. The predicted octanol–water partition coefficient (Wildman–Crippen LogP) is 2.76. The van der Waals surface area contributed by atoms with Crippen LogP contribution in [-0.2, 0) is 4.74 Å². The summed E-state index contributed by atoms with van der Waals surface area (Å²) >= 11 is 0. The van der Waals surface area contributed by atoms with Crippen LogP contribution in [0.3, 0.4) is 0 Å². The molecular formula is C18H28ClFN2O2. The lowest BCUT2D eigenvalue weighted by atomic mass is 9.94. The Morgan fingerprint density at radius 3 is 2.83 bits per heavy atom. The fraction of sp³-hybridized carbons (Fsp3) is 0.667. The van der Waals surface area contributed by atoms with Crippen molar-refractivity contribution < 1.29 is 13.9 Å². The zero-order valence-electron chi connectivity index (χ0n) is 14.2. The normalized spacial score (nSPS) is 28.2. The summed E-state index contributed by atoms with van der Waals surface area (Å²) in [6.07, 6.45) is 3.79. The molecule has 136 valence electrons. The smallest absolute Gasteiger partial charge is 0.123 e. The molecule has 0 aromatic heterocycles. The molecule has 1 heterocycles. The SMILES string of the molecule is CC(CNC1CCCC1C1COCCN1)Oc1ccc(F)cc1.Cl. The molecule has 1 saturated heterocycles. The maximum absolute atomic E-state index is 12.9. The summed E-state index contributed by atoms with van der Waals surface area (Å²) in [5, 5.41) is 7.26. The van der Waals surface area contributed by atoms with Crippen molar-refractivity contribution in [2.24, 2.45) is 5.92 Å². The quantitative estimate of drug-likeness (QED) is 0.820. The molecule has 0 bridgehead atoms. The molecule has 2 N–H and O–H groups in total. The van der Waals surface area contributed by atoms with Crippen molar-refractivity contribution >= 4 is 12.4 Å². The van der Waals surface area contributed by atoms with Gasteiger partial charge in [0, 0.05) is 25.2 Å². The summed E-state index contributed by atoms with van der Waals surface area (Å²) in [7, 11) is 0. The van der Waals surface area contributed by atoms with Crippen LogP contribution in [0.25, 0.3) is 0 Å². The lowest BCUT2D eigenvalue weighted by Crippen LogP contribution is -2.51. The number of benzene rings is 1. The average Bonchev–Trinajstić information content (AvgIpc) is 3.04. The average molecular weight is 359 g/mol. The first-order chi connectivity index (χ1) is 11.2. The molecule has 4 atom stereocenters. The highest BCUT2D eigenvalue weighted by molar-refractivity contribution is 5.85. The van der Waals surface area contributed by atoms with Gasteiger partial charge < -0.3 is 20.1 Å². The molecule has 0 radical (unpaired) electrons. The van der Waals surface area contributed by atoms with Crippen molar-refractivity contribution in [1.82, 2.24) is 10.6 Å². The van der Waals surface area contributed by atoms with Crippen molar-refractivity contribution in [1.29, 1.82) is 0 Å². The molecule has 24 heavy (non-hydrogen) atoms. The third-order valence-electron chi connectivity index (χ3n) is 4.85. The molecule has 2 fully saturated rings. The lowest BCUT2D eigenvalue weighted by Gasteiger charge is -2.33. The van der Waals surface area contributed by atoms with Crippen molar-refractivity contribution in [3.05, 3.63) is 30.1 Å². The summed E-state index contributed by atoms with van der Waals surface area (Å²) in [4.78, 5) is 0. The number of rotatable bonds is 6. The maximum atomic E-state index is 12.9. The number of hydrogen-bond donors (Lipinski definition) is 2. The number of halogens is 2. The molecule has 6 heteroatoms. The minimum Gasteiger partial charge on any atom is -0.489 e. The monoisotopic (exact) mass is 358 g/mol. The maximum Gasteiger partial charge on any atom is 0.123 e. The van der Waals surface area contributed by atoms with Crippen molar-refractivity contribution in [3.8, 4) is 5.75 Å². The number of morpholine rings is 1. The summed E-state index contributed by atoms with van der Waals surface area (Å²) in [5.74, 6) is 1.11. The van der Waals surface area contributed by atoms with Gasteiger partial charge in [-0.15, -0.1) is 12.4 Å². The Kier molecular flexibility index (Phi) is 7.75. The van der Waals surface area contributed by atoms with Gasteiger partial charge in [-0.2, -0.15) is 0 Å². The van der Waals surface area contributed by atoms with Gasteiger partial charge in [0.2, 0.25) is 0 Å². The highest BCUT2D eigenvalue weighted by atomic mass is 35.5. The second-order valence-electron chi connectivity index (χ2n) is 6.63. The fourth-order valence-electron chi connectivity index (χ4n) is 3.69. The fourth-order valence-corrected chi connectivity index (χ4v) is 3.69. The lowest BCUT2D eigenvalue weighted by molar-refractivity contribution is 0.0518. The number of hydrogen-bond acceptors (Lipinski definition) is 4. The van der Waals surface area contributed by atoms with Gasteiger partial charge in [0.1, 0.15) is 17.7 Å². The molecule has 1 saturated carbocycles. The first kappa shape index (κ1) is 19.4. The second kappa shape index (κ2) is 9.56. The van der Waals surface area contributed by atoms with Gasteiger partial charge in [-0.3, -0.25) is 0 Å². The molecule has 4 unspecified atom stereocenters. The molecule has 2 aliphatic rings. The zero-order valence-corrected chi connectivity index (χ0v) is 15.0. The first-order valence-electron chi connectivity index (χ1n) is 8.69. The molecule has 1 aromatic rings. The van der Waals surface area contributed by atoms with Crippen molar-refractivity contribution in [2.75, 3.05) is 26.3 Å². The first-order valence-corrected chi connectivity index (χ1v) is 8.69. The Morgan fingerprint density at radius 1 is 1.33 bits per heavy atom. The Bertz CT molecular complexity index is 482. The van der Waals surface area contributed by atoms with Gasteiger partial charge in [0.05, 0.1) is 13.2 Å². The Labute approximate surface area is 149 Å². The predicted molar refractivity (Wildman–Crippen MR) is 95.5 cm³/mol. The Balaban J connectivity index is 0.00000208. The Morgan fingerprint density at radius 2 is 2.12 bits per heavy atom. The topological polar surface area (TPSA) is 42.5 Å². The molecule has 1 aromatic carbocycles. The summed E-state index contributed by atoms with van der Waals surface area (Å²) in [6, 6.07) is 7.20. The van der Waals surface area contributed by atoms with E-state index in [0.717, 1.165) is 26.3 Å². The third-order valence-corrected chi connectivity index (χ3v) is 4.85.